The molecule has 0 fully saturated rings. The molecule has 0 aromatic heterocycles. The molecule has 0 aliphatic heterocycles. The van der Waals surface area contributed by atoms with Crippen LogP contribution in [0.4, 0.5) is 13.2 Å². The van der Waals surface area contributed by atoms with Gasteiger partial charge in [0.15, 0.2) is 0 Å². The van der Waals surface area contributed by atoms with Crippen LogP contribution >= 0.6 is 0 Å². The second kappa shape index (κ2) is 9.38. The second-order valence-electron chi connectivity index (χ2n) is 12.5. The third kappa shape index (κ3) is 5.34. The zero-order valence-corrected chi connectivity index (χ0v) is 25.2. The zero-order valence-electron chi connectivity index (χ0n) is 23.4. The summed E-state index contributed by atoms with van der Waals surface area (Å²) in [6.45, 7) is 20.2. The summed E-state index contributed by atoms with van der Waals surface area (Å²) in [6.07, 6.45) is 1.86. The molecule has 1 radical (unpaired) electrons. The number of hydrogen-bond acceptors (Lipinski definition) is 3. The van der Waals surface area contributed by atoms with Crippen LogP contribution in [-0.4, -0.2) is 22.7 Å². The van der Waals surface area contributed by atoms with Gasteiger partial charge in [-0.05, 0) is 55.7 Å². The largest absolute Gasteiger partial charge is 0.523 e. The highest BCUT2D eigenvalue weighted by Gasteiger charge is 2.57. The van der Waals surface area contributed by atoms with Crippen molar-refractivity contribution in [2.24, 2.45) is 5.92 Å². The molecule has 0 heterocycles. The van der Waals surface area contributed by atoms with Gasteiger partial charge < -0.3 is 0 Å². The number of halogens is 3. The summed E-state index contributed by atoms with van der Waals surface area (Å²) in [5.74, 6) is -0.227. The molecule has 37 heavy (non-hydrogen) atoms. The van der Waals surface area contributed by atoms with Crippen LogP contribution in [0.2, 0.25) is 13.1 Å². The van der Waals surface area contributed by atoms with Crippen LogP contribution in [0.5, 0.6) is 0 Å². The lowest BCUT2D eigenvalue weighted by Crippen LogP contribution is -2.47. The van der Waals surface area contributed by atoms with Crippen LogP contribution in [0.25, 0.3) is 17.2 Å². The molecule has 1 atom stereocenters. The molecule has 2 aromatic carbocycles. The maximum Gasteiger partial charge on any atom is 0.523 e. The predicted molar refractivity (Wildman–Crippen MR) is 147 cm³/mol. The second-order valence-corrected chi connectivity index (χ2v) is 16.7. The summed E-state index contributed by atoms with van der Waals surface area (Å²) in [5, 5.41) is -1.66. The van der Waals surface area contributed by atoms with E-state index in [0.717, 1.165) is 27.8 Å². The minimum atomic E-state index is -5.84. The first kappa shape index (κ1) is 29.6. The van der Waals surface area contributed by atoms with E-state index >= 15 is 0 Å². The van der Waals surface area contributed by atoms with Crippen molar-refractivity contribution in [3.8, 4) is 11.1 Å². The molecule has 3 rings (SSSR count). The Morgan fingerprint density at radius 1 is 0.892 bits per heavy atom. The molecule has 0 N–H and O–H groups in total. The third-order valence-electron chi connectivity index (χ3n) is 7.01. The quantitative estimate of drug-likeness (QED) is 0.213. The van der Waals surface area contributed by atoms with Crippen LogP contribution in [0, 0.1) is 5.92 Å². The summed E-state index contributed by atoms with van der Waals surface area (Å²) < 4.78 is 70.8. The van der Waals surface area contributed by atoms with Gasteiger partial charge in [-0.1, -0.05) is 111 Å². The van der Waals surface area contributed by atoms with Crippen molar-refractivity contribution in [3.63, 3.8) is 0 Å². The van der Waals surface area contributed by atoms with E-state index in [1.54, 1.807) is 25.2 Å². The fourth-order valence-electron chi connectivity index (χ4n) is 4.86. The lowest BCUT2D eigenvalue weighted by atomic mass is 9.78. The van der Waals surface area contributed by atoms with E-state index in [1.807, 2.05) is 26.0 Å². The fourth-order valence-corrected chi connectivity index (χ4v) is 8.16. The lowest BCUT2D eigenvalue weighted by molar-refractivity contribution is -0.0586. The summed E-state index contributed by atoms with van der Waals surface area (Å²) in [5.41, 5.74) is 0.113. The standard InChI is InChI=1S/C29H38F3O3SSi/c1-18(2)25-17-23-22(19-14-20(26(3,4)5)16-21(15-19)27(6,7)8)12-11-13-24(23)28(25,37(9)10)35-36(33,34)29(30,31)32/h11-18H,1-10H3. The number of alkyl halides is 3. The number of hydrogen-bond donors (Lipinski definition) is 0. The normalized spacial score (nSPS) is 18.9. The van der Waals surface area contributed by atoms with E-state index in [9.17, 15) is 21.6 Å². The first-order chi connectivity index (χ1) is 16.6. The minimum Gasteiger partial charge on any atom is -0.251 e. The van der Waals surface area contributed by atoms with E-state index in [-0.39, 0.29) is 16.7 Å². The van der Waals surface area contributed by atoms with Gasteiger partial charge in [-0.15, -0.1) is 0 Å². The van der Waals surface area contributed by atoms with Crippen molar-refractivity contribution in [2.75, 3.05) is 0 Å². The molecule has 2 aromatic rings. The van der Waals surface area contributed by atoms with Gasteiger partial charge in [0, 0.05) is 0 Å². The van der Waals surface area contributed by atoms with Gasteiger partial charge in [-0.25, -0.2) is 0 Å². The van der Waals surface area contributed by atoms with Gasteiger partial charge >= 0.3 is 15.6 Å². The van der Waals surface area contributed by atoms with Crippen LogP contribution in [0.15, 0.2) is 42.0 Å². The predicted octanol–water partition coefficient (Wildman–Crippen LogP) is 8.36. The van der Waals surface area contributed by atoms with Crippen LogP contribution in [0.1, 0.15) is 77.6 Å². The third-order valence-corrected chi connectivity index (χ3v) is 10.3. The molecule has 8 heteroatoms. The highest BCUT2D eigenvalue weighted by molar-refractivity contribution is 7.87. The van der Waals surface area contributed by atoms with E-state index in [2.05, 4.69) is 59.7 Å². The highest BCUT2D eigenvalue weighted by Crippen LogP contribution is 2.52. The maximum absolute atomic E-state index is 13.6. The summed E-state index contributed by atoms with van der Waals surface area (Å²) >= 11 is 0. The number of rotatable bonds is 5. The number of fused-ring (bicyclic) bond motifs is 1. The molecule has 1 aliphatic carbocycles. The molecule has 0 saturated heterocycles. The Labute approximate surface area is 221 Å². The first-order valence-electron chi connectivity index (χ1n) is 12.5. The Kier molecular flexibility index (Phi) is 7.52. The van der Waals surface area contributed by atoms with Crippen molar-refractivity contribution >= 4 is 25.0 Å². The average Bonchev–Trinajstić information content (AvgIpc) is 3.06. The Morgan fingerprint density at radius 3 is 1.81 bits per heavy atom. The Bertz CT molecular complexity index is 1300. The molecule has 0 spiro atoms. The molecule has 1 aliphatic rings. The van der Waals surface area contributed by atoms with Gasteiger partial charge in [-0.3, -0.25) is 4.18 Å². The van der Waals surface area contributed by atoms with Gasteiger partial charge in [-0.2, -0.15) is 21.6 Å². The van der Waals surface area contributed by atoms with Crippen molar-refractivity contribution < 1.29 is 25.8 Å². The monoisotopic (exact) mass is 551 g/mol. The van der Waals surface area contributed by atoms with Crippen molar-refractivity contribution in [3.05, 3.63) is 64.2 Å². The SMILES string of the molecule is CC(C)C1=Cc2c(-c3cc(C(C)(C)C)cc(C(C)(C)C)c3)cccc2C1(OS(=O)(=O)C(F)(F)F)[Si](C)C. The Morgan fingerprint density at radius 2 is 1.41 bits per heavy atom. The summed E-state index contributed by atoms with van der Waals surface area (Å²) in [7, 11) is -7.64. The minimum absolute atomic E-state index is 0.121. The summed E-state index contributed by atoms with van der Waals surface area (Å²) in [4.78, 5) is 0. The molecular weight excluding hydrogens is 513 g/mol. The smallest absolute Gasteiger partial charge is 0.251 e. The fraction of sp³-hybridized carbons (Fsp3) is 0.517. The molecule has 203 valence electrons. The molecule has 1 unspecified atom stereocenters. The van der Waals surface area contributed by atoms with Crippen molar-refractivity contribution in [1.29, 1.82) is 0 Å². The first-order valence-corrected chi connectivity index (χ1v) is 16.4. The van der Waals surface area contributed by atoms with Crippen LogP contribution in [0.3, 0.4) is 0 Å². The molecule has 0 saturated carbocycles. The Balaban J connectivity index is 2.39. The van der Waals surface area contributed by atoms with Gasteiger partial charge in [0.1, 0.15) is 5.22 Å². The molecule has 0 bridgehead atoms. The average molecular weight is 552 g/mol. The molecule has 3 nitrogen and oxygen atoms in total. The highest BCUT2D eigenvalue weighted by atomic mass is 32.2. The van der Waals surface area contributed by atoms with Crippen LogP contribution < -0.4 is 0 Å². The zero-order chi connectivity index (χ0) is 28.4. The number of benzene rings is 2. The topological polar surface area (TPSA) is 43.4 Å². The van der Waals surface area contributed by atoms with Crippen LogP contribution in [-0.2, 0) is 30.4 Å². The Hall–Kier alpha value is -1.90. The van der Waals surface area contributed by atoms with Crippen molar-refractivity contribution in [1.82, 2.24) is 0 Å². The maximum atomic E-state index is 13.6. The molecular formula is C29H38F3O3SSi. The van der Waals surface area contributed by atoms with E-state index in [4.69, 9.17) is 4.18 Å². The van der Waals surface area contributed by atoms with Crippen molar-refractivity contribution in [2.45, 2.75) is 90.0 Å². The lowest BCUT2D eigenvalue weighted by Gasteiger charge is -2.38. The van der Waals surface area contributed by atoms with Gasteiger partial charge in [0.05, 0.1) is 8.80 Å². The summed E-state index contributed by atoms with van der Waals surface area (Å²) in [6, 6.07) is 11.9. The van der Waals surface area contributed by atoms with E-state index < -0.39 is 29.6 Å². The van der Waals surface area contributed by atoms with Gasteiger partial charge in [0.25, 0.3) is 0 Å². The van der Waals surface area contributed by atoms with E-state index in [0.29, 0.717) is 11.1 Å². The molecule has 0 amide bonds. The van der Waals surface area contributed by atoms with Gasteiger partial charge in [0.2, 0.25) is 0 Å². The van der Waals surface area contributed by atoms with E-state index in [1.165, 1.54) is 0 Å².